The van der Waals surface area contributed by atoms with Gasteiger partial charge >= 0.3 is 0 Å². The molecule has 88 valence electrons. The molecular weight excluding hydrogens is 216 g/mol. The van der Waals surface area contributed by atoms with Gasteiger partial charge in [-0.25, -0.2) is 0 Å². The Kier molecular flexibility index (Phi) is 3.67. The monoisotopic (exact) mass is 230 g/mol. The van der Waals surface area contributed by atoms with Gasteiger partial charge in [0.2, 0.25) is 0 Å². The molecule has 1 atom stereocenters. The molecule has 0 aliphatic carbocycles. The summed E-state index contributed by atoms with van der Waals surface area (Å²) >= 11 is 0. The largest absolute Gasteiger partial charge is 0.495 e. The van der Waals surface area contributed by atoms with E-state index >= 15 is 0 Å². The molecule has 4 heteroatoms. The van der Waals surface area contributed by atoms with Gasteiger partial charge < -0.3 is 9.84 Å². The summed E-state index contributed by atoms with van der Waals surface area (Å²) in [5, 5.41) is 10.2. The van der Waals surface area contributed by atoms with E-state index in [2.05, 4.69) is 9.97 Å². The summed E-state index contributed by atoms with van der Waals surface area (Å²) in [5.74, 6) is 0.606. The maximum Gasteiger partial charge on any atom is 0.142 e. The van der Waals surface area contributed by atoms with Crippen molar-refractivity contribution in [2.45, 2.75) is 12.5 Å². The van der Waals surface area contributed by atoms with Crippen LogP contribution in [0.1, 0.15) is 17.2 Å². The Labute approximate surface area is 99.9 Å². The lowest BCUT2D eigenvalue weighted by Gasteiger charge is -2.14. The van der Waals surface area contributed by atoms with Gasteiger partial charge in [0.05, 0.1) is 19.4 Å². The van der Waals surface area contributed by atoms with Gasteiger partial charge in [0.25, 0.3) is 0 Å². The van der Waals surface area contributed by atoms with E-state index in [-0.39, 0.29) is 0 Å². The molecule has 0 aliphatic heterocycles. The van der Waals surface area contributed by atoms with Crippen LogP contribution >= 0.6 is 0 Å². The summed E-state index contributed by atoms with van der Waals surface area (Å²) in [5.41, 5.74) is 1.78. The van der Waals surface area contributed by atoms with Crippen molar-refractivity contribution < 1.29 is 9.84 Å². The second-order valence-corrected chi connectivity index (χ2v) is 3.69. The van der Waals surface area contributed by atoms with Gasteiger partial charge in [-0.2, -0.15) is 0 Å². The van der Waals surface area contributed by atoms with Crippen LogP contribution in [0.3, 0.4) is 0 Å². The maximum absolute atomic E-state index is 10.2. The molecule has 0 radical (unpaired) electrons. The van der Waals surface area contributed by atoms with Gasteiger partial charge in [-0.15, -0.1) is 0 Å². The highest BCUT2D eigenvalue weighted by molar-refractivity contribution is 5.32. The van der Waals surface area contributed by atoms with Crippen LogP contribution in [0.2, 0.25) is 0 Å². The fraction of sp³-hybridized carbons (Fsp3) is 0.231. The Morgan fingerprint density at radius 1 is 1.18 bits per heavy atom. The molecule has 4 nitrogen and oxygen atoms in total. The first kappa shape index (κ1) is 11.5. The predicted molar refractivity (Wildman–Crippen MR) is 63.7 cm³/mol. The molecule has 1 unspecified atom stereocenters. The number of aromatic nitrogens is 2. The second-order valence-electron chi connectivity index (χ2n) is 3.69. The Morgan fingerprint density at radius 2 is 1.88 bits per heavy atom. The summed E-state index contributed by atoms with van der Waals surface area (Å²) in [7, 11) is 1.57. The Hall–Kier alpha value is -1.94. The van der Waals surface area contributed by atoms with E-state index in [4.69, 9.17) is 4.74 Å². The van der Waals surface area contributed by atoms with E-state index < -0.39 is 6.10 Å². The predicted octanol–water partition coefficient (Wildman–Crippen LogP) is 1.76. The standard InChI is InChI=1S/C13H14N2O2/c1-17-13-9-15-7-4-11(13)12(16)8-10-2-5-14-6-3-10/h2-7,9,12,16H,8H2,1H3. The van der Waals surface area contributed by atoms with Gasteiger partial charge in [0.1, 0.15) is 5.75 Å². The minimum absolute atomic E-state index is 0.531. The number of methoxy groups -OCH3 is 1. The van der Waals surface area contributed by atoms with Crippen molar-refractivity contribution in [3.05, 3.63) is 54.1 Å². The van der Waals surface area contributed by atoms with Crippen molar-refractivity contribution in [2.75, 3.05) is 7.11 Å². The summed E-state index contributed by atoms with van der Waals surface area (Å²) in [6.07, 6.45) is 6.61. The highest BCUT2D eigenvalue weighted by Gasteiger charge is 2.13. The van der Waals surface area contributed by atoms with E-state index in [1.807, 2.05) is 12.1 Å². The average Bonchev–Trinajstić information content (AvgIpc) is 2.40. The molecule has 1 N–H and O–H groups in total. The van der Waals surface area contributed by atoms with Crippen LogP contribution in [-0.2, 0) is 6.42 Å². The minimum Gasteiger partial charge on any atom is -0.495 e. The van der Waals surface area contributed by atoms with Gasteiger partial charge in [-0.3, -0.25) is 9.97 Å². The number of hydrogen-bond donors (Lipinski definition) is 1. The van der Waals surface area contributed by atoms with Crippen LogP contribution in [0.15, 0.2) is 43.0 Å². The van der Waals surface area contributed by atoms with Gasteiger partial charge in [0.15, 0.2) is 0 Å². The third-order valence-electron chi connectivity index (χ3n) is 2.57. The molecule has 2 aromatic rings. The van der Waals surface area contributed by atoms with Crippen LogP contribution < -0.4 is 4.74 Å². The number of ether oxygens (including phenoxy) is 1. The molecule has 0 saturated heterocycles. The second kappa shape index (κ2) is 5.41. The van der Waals surface area contributed by atoms with Crippen molar-refractivity contribution in [1.29, 1.82) is 0 Å². The molecule has 0 spiro atoms. The molecule has 0 bridgehead atoms. The highest BCUT2D eigenvalue weighted by Crippen LogP contribution is 2.26. The Balaban J connectivity index is 2.17. The number of aliphatic hydroxyl groups is 1. The molecule has 2 rings (SSSR count). The normalized spacial score (nSPS) is 12.1. The molecule has 2 aromatic heterocycles. The van der Waals surface area contributed by atoms with Crippen molar-refractivity contribution >= 4 is 0 Å². The summed E-state index contributed by atoms with van der Waals surface area (Å²) in [6.45, 7) is 0. The van der Waals surface area contributed by atoms with E-state index in [0.717, 1.165) is 11.1 Å². The number of pyridine rings is 2. The summed E-state index contributed by atoms with van der Waals surface area (Å²) < 4.78 is 5.17. The van der Waals surface area contributed by atoms with Gasteiger partial charge in [0, 0.05) is 30.6 Å². The Bertz CT molecular complexity index is 474. The number of rotatable bonds is 4. The van der Waals surface area contributed by atoms with E-state index in [1.165, 1.54) is 0 Å². The third kappa shape index (κ3) is 2.79. The molecule has 0 amide bonds. The topological polar surface area (TPSA) is 55.2 Å². The molecule has 17 heavy (non-hydrogen) atoms. The molecule has 0 aromatic carbocycles. The van der Waals surface area contributed by atoms with Crippen LogP contribution in [0, 0.1) is 0 Å². The van der Waals surface area contributed by atoms with Crippen LogP contribution in [0.5, 0.6) is 5.75 Å². The SMILES string of the molecule is COc1cnccc1C(O)Cc1ccncc1. The third-order valence-corrected chi connectivity index (χ3v) is 2.57. The average molecular weight is 230 g/mol. The smallest absolute Gasteiger partial charge is 0.142 e. The van der Waals surface area contributed by atoms with Crippen molar-refractivity contribution in [3.8, 4) is 5.75 Å². The minimum atomic E-state index is -0.602. The molecule has 0 aliphatic rings. The van der Waals surface area contributed by atoms with Crippen molar-refractivity contribution in [2.24, 2.45) is 0 Å². The van der Waals surface area contributed by atoms with E-state index in [9.17, 15) is 5.11 Å². The molecule has 0 saturated carbocycles. The first-order valence-corrected chi connectivity index (χ1v) is 5.36. The zero-order chi connectivity index (χ0) is 12.1. The highest BCUT2D eigenvalue weighted by atomic mass is 16.5. The Morgan fingerprint density at radius 3 is 2.59 bits per heavy atom. The fourth-order valence-electron chi connectivity index (χ4n) is 1.69. The zero-order valence-electron chi connectivity index (χ0n) is 9.58. The van der Waals surface area contributed by atoms with Crippen molar-refractivity contribution in [1.82, 2.24) is 9.97 Å². The van der Waals surface area contributed by atoms with Crippen LogP contribution in [0.25, 0.3) is 0 Å². The van der Waals surface area contributed by atoms with Crippen LogP contribution in [-0.4, -0.2) is 22.2 Å². The fourth-order valence-corrected chi connectivity index (χ4v) is 1.69. The molecular formula is C13H14N2O2. The first-order chi connectivity index (χ1) is 8.31. The zero-order valence-corrected chi connectivity index (χ0v) is 9.58. The van der Waals surface area contributed by atoms with Crippen LogP contribution in [0.4, 0.5) is 0 Å². The lowest BCUT2D eigenvalue weighted by molar-refractivity contribution is 0.174. The molecule has 0 fully saturated rings. The first-order valence-electron chi connectivity index (χ1n) is 5.36. The maximum atomic E-state index is 10.2. The van der Waals surface area contributed by atoms with E-state index in [0.29, 0.717) is 12.2 Å². The number of aliphatic hydroxyl groups excluding tert-OH is 1. The quantitative estimate of drug-likeness (QED) is 0.869. The van der Waals surface area contributed by atoms with E-state index in [1.54, 1.807) is 38.0 Å². The van der Waals surface area contributed by atoms with Gasteiger partial charge in [-0.05, 0) is 23.8 Å². The number of hydrogen-bond acceptors (Lipinski definition) is 4. The van der Waals surface area contributed by atoms with Gasteiger partial charge in [-0.1, -0.05) is 0 Å². The lowest BCUT2D eigenvalue weighted by atomic mass is 10.0. The summed E-state index contributed by atoms with van der Waals surface area (Å²) in [6, 6.07) is 5.54. The lowest BCUT2D eigenvalue weighted by Crippen LogP contribution is -2.04. The van der Waals surface area contributed by atoms with Crippen molar-refractivity contribution in [3.63, 3.8) is 0 Å². The summed E-state index contributed by atoms with van der Waals surface area (Å²) in [4.78, 5) is 7.90. The molecule has 2 heterocycles. The number of nitrogens with zero attached hydrogens (tertiary/aromatic N) is 2.